The summed E-state index contributed by atoms with van der Waals surface area (Å²) in [6.45, 7) is 5.84. The molecule has 0 radical (unpaired) electrons. The van der Waals surface area contributed by atoms with Gasteiger partial charge in [0.1, 0.15) is 4.21 Å². The van der Waals surface area contributed by atoms with Crippen LogP contribution in [0, 0.1) is 5.41 Å². The molecule has 1 unspecified atom stereocenters. The number of aliphatic hydroxyl groups is 1. The first-order chi connectivity index (χ1) is 10.0. The highest BCUT2D eigenvalue weighted by molar-refractivity contribution is 7.91. The predicted molar refractivity (Wildman–Crippen MR) is 87.2 cm³/mol. The number of carbonyl (C=O) groups excluding carboxylic acids is 1. The Labute approximate surface area is 136 Å². The van der Waals surface area contributed by atoms with Crippen LogP contribution in [0.3, 0.4) is 0 Å². The van der Waals surface area contributed by atoms with Gasteiger partial charge in [-0.05, 0) is 23.3 Å². The molecular weight excluding hydrogens is 324 g/mol. The van der Waals surface area contributed by atoms with Crippen LogP contribution in [0.5, 0.6) is 0 Å². The summed E-state index contributed by atoms with van der Waals surface area (Å²) < 4.78 is 25.5. The number of aliphatic hydroxyl groups excluding tert-OH is 1. The molecule has 22 heavy (non-hydrogen) atoms. The van der Waals surface area contributed by atoms with E-state index in [1.54, 1.807) is 11.4 Å². The van der Waals surface area contributed by atoms with Gasteiger partial charge in [0, 0.05) is 13.6 Å². The molecule has 0 aromatic carbocycles. The van der Waals surface area contributed by atoms with Gasteiger partial charge in [-0.2, -0.15) is 4.31 Å². The first-order valence-electron chi connectivity index (χ1n) is 6.97. The summed E-state index contributed by atoms with van der Waals surface area (Å²) in [6.07, 6.45) is -0.0977. The van der Waals surface area contributed by atoms with Gasteiger partial charge in [0.25, 0.3) is 10.0 Å². The maximum atomic E-state index is 12.2. The summed E-state index contributed by atoms with van der Waals surface area (Å²) in [6, 6.07) is 3.15. The van der Waals surface area contributed by atoms with Gasteiger partial charge in [-0.1, -0.05) is 26.8 Å². The van der Waals surface area contributed by atoms with E-state index in [-0.39, 0.29) is 22.7 Å². The molecule has 0 saturated carbocycles. The average molecular weight is 348 g/mol. The molecule has 0 spiro atoms. The largest absolute Gasteiger partial charge is 0.391 e. The third-order valence-corrected chi connectivity index (χ3v) is 6.09. The van der Waals surface area contributed by atoms with Crippen molar-refractivity contribution in [1.29, 1.82) is 0 Å². The molecule has 1 aromatic heterocycles. The van der Waals surface area contributed by atoms with Gasteiger partial charge in [-0.25, -0.2) is 8.42 Å². The Morgan fingerprint density at radius 2 is 2.09 bits per heavy atom. The highest BCUT2D eigenvalue weighted by atomic mass is 32.2. The molecule has 1 aromatic rings. The van der Waals surface area contributed by atoms with Crippen molar-refractivity contribution in [2.45, 2.75) is 37.5 Å². The molecule has 8 heteroatoms. The molecule has 0 saturated heterocycles. The van der Waals surface area contributed by atoms with Gasteiger partial charge in [-0.3, -0.25) is 4.79 Å². The van der Waals surface area contributed by atoms with E-state index < -0.39 is 22.0 Å². The van der Waals surface area contributed by atoms with Crippen LogP contribution < -0.4 is 5.32 Å². The van der Waals surface area contributed by atoms with E-state index in [1.165, 1.54) is 13.1 Å². The lowest BCUT2D eigenvalue weighted by molar-refractivity contribution is -0.121. The average Bonchev–Trinajstić information content (AvgIpc) is 2.88. The van der Waals surface area contributed by atoms with Crippen molar-refractivity contribution in [3.05, 3.63) is 17.5 Å². The summed E-state index contributed by atoms with van der Waals surface area (Å²) in [5.41, 5.74) is -0.0382. The van der Waals surface area contributed by atoms with Crippen molar-refractivity contribution in [3.8, 4) is 0 Å². The van der Waals surface area contributed by atoms with Gasteiger partial charge in [0.2, 0.25) is 5.91 Å². The van der Waals surface area contributed by atoms with Crippen LogP contribution in [-0.4, -0.2) is 50.0 Å². The molecule has 1 rings (SSSR count). The van der Waals surface area contributed by atoms with E-state index in [0.717, 1.165) is 15.6 Å². The number of thiophene rings is 1. The Bertz CT molecular complexity index is 576. The SMILES string of the molecule is CN(CC(=O)NCC(O)CC(C)(C)C)S(=O)(=O)c1cccs1. The Kier molecular flexibility index (Phi) is 6.54. The van der Waals surface area contributed by atoms with Crippen LogP contribution in [-0.2, 0) is 14.8 Å². The fraction of sp³-hybridized carbons (Fsp3) is 0.643. The van der Waals surface area contributed by atoms with E-state index in [4.69, 9.17) is 0 Å². The minimum atomic E-state index is -3.63. The van der Waals surface area contributed by atoms with Crippen molar-refractivity contribution in [2.75, 3.05) is 20.1 Å². The quantitative estimate of drug-likeness (QED) is 0.777. The molecule has 0 aliphatic heterocycles. The molecule has 2 N–H and O–H groups in total. The summed E-state index contributed by atoms with van der Waals surface area (Å²) in [5, 5.41) is 14.1. The van der Waals surface area contributed by atoms with Crippen molar-refractivity contribution in [2.24, 2.45) is 5.41 Å². The van der Waals surface area contributed by atoms with E-state index in [9.17, 15) is 18.3 Å². The van der Waals surface area contributed by atoms with E-state index in [1.807, 2.05) is 20.8 Å². The molecule has 0 aliphatic carbocycles. The molecule has 0 bridgehead atoms. The number of hydrogen-bond donors (Lipinski definition) is 2. The van der Waals surface area contributed by atoms with Crippen molar-refractivity contribution in [1.82, 2.24) is 9.62 Å². The number of nitrogens with zero attached hydrogens (tertiary/aromatic N) is 1. The van der Waals surface area contributed by atoms with Gasteiger partial charge < -0.3 is 10.4 Å². The molecular formula is C14H24N2O4S2. The monoisotopic (exact) mass is 348 g/mol. The smallest absolute Gasteiger partial charge is 0.252 e. The van der Waals surface area contributed by atoms with Crippen LogP contribution in [0.1, 0.15) is 27.2 Å². The van der Waals surface area contributed by atoms with Crippen molar-refractivity contribution >= 4 is 27.3 Å². The summed E-state index contributed by atoms with van der Waals surface area (Å²) in [7, 11) is -2.27. The molecule has 1 amide bonds. The lowest BCUT2D eigenvalue weighted by Crippen LogP contribution is -2.41. The van der Waals surface area contributed by atoms with Crippen molar-refractivity contribution < 1.29 is 18.3 Å². The molecule has 126 valence electrons. The minimum absolute atomic E-state index is 0.0382. The van der Waals surface area contributed by atoms with Crippen LogP contribution in [0.4, 0.5) is 0 Å². The highest BCUT2D eigenvalue weighted by Gasteiger charge is 2.24. The van der Waals surface area contributed by atoms with Crippen LogP contribution in [0.15, 0.2) is 21.7 Å². The minimum Gasteiger partial charge on any atom is -0.391 e. The molecule has 6 nitrogen and oxygen atoms in total. The van der Waals surface area contributed by atoms with Crippen LogP contribution in [0.2, 0.25) is 0 Å². The highest BCUT2D eigenvalue weighted by Crippen LogP contribution is 2.21. The standard InChI is InChI=1S/C14H24N2O4S2/c1-14(2,3)8-11(17)9-15-12(18)10-16(4)22(19,20)13-6-5-7-21-13/h5-7,11,17H,8-10H2,1-4H3,(H,15,18). The fourth-order valence-electron chi connectivity index (χ4n) is 1.92. The summed E-state index contributed by atoms with van der Waals surface area (Å²) in [4.78, 5) is 11.8. The van der Waals surface area contributed by atoms with E-state index in [2.05, 4.69) is 5.32 Å². The molecule has 1 atom stereocenters. The number of rotatable bonds is 7. The predicted octanol–water partition coefficient (Wildman–Crippen LogP) is 1.28. The maximum Gasteiger partial charge on any atom is 0.252 e. The third kappa shape index (κ3) is 6.04. The zero-order valence-electron chi connectivity index (χ0n) is 13.4. The zero-order valence-corrected chi connectivity index (χ0v) is 15.0. The second kappa shape index (κ2) is 7.54. The number of likely N-dealkylation sites (N-methyl/N-ethyl adjacent to an activating group) is 1. The Morgan fingerprint density at radius 3 is 2.59 bits per heavy atom. The first kappa shape index (κ1) is 19.1. The molecule has 0 aliphatic rings. The van der Waals surface area contributed by atoms with Gasteiger partial charge >= 0.3 is 0 Å². The Balaban J connectivity index is 2.48. The number of nitrogens with one attached hydrogen (secondary N) is 1. The Morgan fingerprint density at radius 1 is 1.45 bits per heavy atom. The lowest BCUT2D eigenvalue weighted by Gasteiger charge is -2.23. The molecule has 0 fully saturated rings. The normalized spacial score (nSPS) is 14.1. The lowest BCUT2D eigenvalue weighted by atomic mass is 9.89. The summed E-state index contributed by atoms with van der Waals surface area (Å²) in [5.74, 6) is -0.435. The number of carbonyl (C=O) groups is 1. The topological polar surface area (TPSA) is 86.7 Å². The fourth-order valence-corrected chi connectivity index (χ4v) is 4.25. The third-order valence-electron chi connectivity index (χ3n) is 2.91. The molecule has 1 heterocycles. The maximum absolute atomic E-state index is 12.2. The second-order valence-electron chi connectivity index (χ2n) is 6.42. The van der Waals surface area contributed by atoms with Gasteiger partial charge in [0.15, 0.2) is 0 Å². The van der Waals surface area contributed by atoms with Gasteiger partial charge in [-0.15, -0.1) is 11.3 Å². The van der Waals surface area contributed by atoms with Gasteiger partial charge in [0.05, 0.1) is 12.6 Å². The second-order valence-corrected chi connectivity index (χ2v) is 9.64. The summed E-state index contributed by atoms with van der Waals surface area (Å²) >= 11 is 1.11. The first-order valence-corrected chi connectivity index (χ1v) is 9.29. The number of hydrogen-bond acceptors (Lipinski definition) is 5. The van der Waals surface area contributed by atoms with Crippen molar-refractivity contribution in [3.63, 3.8) is 0 Å². The van der Waals surface area contributed by atoms with Crippen LogP contribution in [0.25, 0.3) is 0 Å². The zero-order chi connectivity index (χ0) is 17.0. The van der Waals surface area contributed by atoms with E-state index in [0.29, 0.717) is 6.42 Å². The number of amides is 1. The van der Waals surface area contributed by atoms with Crippen LogP contribution >= 0.6 is 11.3 Å². The Hall–Kier alpha value is -0.960. The number of sulfonamides is 1. The van der Waals surface area contributed by atoms with E-state index >= 15 is 0 Å².